The van der Waals surface area contributed by atoms with E-state index >= 15 is 0 Å². The third-order valence-electron chi connectivity index (χ3n) is 6.60. The van der Waals surface area contributed by atoms with Gasteiger partial charge in [-0.25, -0.2) is 14.4 Å². The number of hydrogen-bond donors (Lipinski definition) is 2. The molecule has 0 saturated carbocycles. The molecule has 3 aromatic rings. The molecule has 3 aromatic heterocycles. The van der Waals surface area contributed by atoms with Crippen molar-refractivity contribution in [2.45, 2.75) is 45.3 Å². The van der Waals surface area contributed by atoms with Gasteiger partial charge in [-0.15, -0.1) is 0 Å². The van der Waals surface area contributed by atoms with Gasteiger partial charge >= 0.3 is 0 Å². The molecule has 2 aliphatic heterocycles. The van der Waals surface area contributed by atoms with Crippen molar-refractivity contribution >= 4 is 23.3 Å². The first kappa shape index (κ1) is 22.5. The molecule has 0 unspecified atom stereocenters. The molecule has 1 amide bonds. The Balaban J connectivity index is 1.25. The minimum absolute atomic E-state index is 0.0634. The standard InChI is InChI=1S/C24H31FN8O/c1-15-11-32(12-16(2)28-15)23-27-9-18(25)21(29-23)31-13-17(14-31)22(34)30-24(3,4)19-10-26-20-7-5-6-8-33(19)20/h5-10,15-17,28H,11-14H2,1-4H3,(H,30,34)/t15-,16-/m1/s1. The van der Waals surface area contributed by atoms with Gasteiger partial charge in [0.05, 0.1) is 29.5 Å². The van der Waals surface area contributed by atoms with E-state index in [-0.39, 0.29) is 17.6 Å². The van der Waals surface area contributed by atoms with Crippen LogP contribution < -0.4 is 20.4 Å². The highest BCUT2D eigenvalue weighted by Gasteiger charge is 2.38. The Kier molecular flexibility index (Phi) is 5.63. The fourth-order valence-electron chi connectivity index (χ4n) is 4.90. The van der Waals surface area contributed by atoms with Crippen LogP contribution in [0.4, 0.5) is 16.2 Å². The maximum absolute atomic E-state index is 14.6. The van der Waals surface area contributed by atoms with Crippen LogP contribution in [0.2, 0.25) is 0 Å². The predicted molar refractivity (Wildman–Crippen MR) is 128 cm³/mol. The van der Waals surface area contributed by atoms with Crippen molar-refractivity contribution in [1.29, 1.82) is 0 Å². The van der Waals surface area contributed by atoms with Gasteiger partial charge in [0, 0.05) is 44.5 Å². The van der Waals surface area contributed by atoms with E-state index in [1.165, 1.54) is 6.20 Å². The topological polar surface area (TPSA) is 90.7 Å². The molecule has 0 radical (unpaired) electrons. The highest BCUT2D eigenvalue weighted by Crippen LogP contribution is 2.29. The number of nitrogens with one attached hydrogen (secondary N) is 2. The number of fused-ring (bicyclic) bond motifs is 1. The first-order chi connectivity index (χ1) is 16.2. The van der Waals surface area contributed by atoms with Crippen molar-refractivity contribution in [3.8, 4) is 0 Å². The Morgan fingerprint density at radius 3 is 2.56 bits per heavy atom. The number of carbonyl (C=O) groups is 1. The van der Waals surface area contributed by atoms with Crippen LogP contribution in [0.3, 0.4) is 0 Å². The number of aromatic nitrogens is 4. The molecule has 34 heavy (non-hydrogen) atoms. The van der Waals surface area contributed by atoms with Crippen molar-refractivity contribution in [1.82, 2.24) is 30.0 Å². The van der Waals surface area contributed by atoms with E-state index in [1.807, 2.05) is 42.6 Å². The zero-order valence-corrected chi connectivity index (χ0v) is 20.0. The summed E-state index contributed by atoms with van der Waals surface area (Å²) in [4.78, 5) is 30.1. The highest BCUT2D eigenvalue weighted by molar-refractivity contribution is 5.82. The van der Waals surface area contributed by atoms with E-state index in [0.29, 0.717) is 31.1 Å². The van der Waals surface area contributed by atoms with Gasteiger partial charge in [0.15, 0.2) is 11.6 Å². The van der Waals surface area contributed by atoms with Gasteiger partial charge in [-0.2, -0.15) is 4.98 Å². The van der Waals surface area contributed by atoms with Gasteiger partial charge in [-0.05, 0) is 39.8 Å². The van der Waals surface area contributed by atoms with Crippen molar-refractivity contribution in [2.75, 3.05) is 36.0 Å². The van der Waals surface area contributed by atoms with E-state index < -0.39 is 11.4 Å². The van der Waals surface area contributed by atoms with Gasteiger partial charge < -0.3 is 24.8 Å². The summed E-state index contributed by atoms with van der Waals surface area (Å²) in [7, 11) is 0. The van der Waals surface area contributed by atoms with Crippen LogP contribution in [0.5, 0.6) is 0 Å². The van der Waals surface area contributed by atoms with Crippen molar-refractivity contribution in [2.24, 2.45) is 5.92 Å². The van der Waals surface area contributed by atoms with Crippen LogP contribution in [0.25, 0.3) is 5.65 Å². The number of anilines is 2. The molecule has 2 aliphatic rings. The second kappa shape index (κ2) is 8.50. The van der Waals surface area contributed by atoms with Gasteiger partial charge in [0.1, 0.15) is 5.65 Å². The van der Waals surface area contributed by atoms with Crippen molar-refractivity contribution < 1.29 is 9.18 Å². The first-order valence-electron chi connectivity index (χ1n) is 11.7. The summed E-state index contributed by atoms with van der Waals surface area (Å²) in [6.07, 6.45) is 4.96. The number of rotatable bonds is 5. The Bertz CT molecular complexity index is 1190. The molecule has 0 aromatic carbocycles. The smallest absolute Gasteiger partial charge is 0.227 e. The minimum Gasteiger partial charge on any atom is -0.352 e. The summed E-state index contributed by atoms with van der Waals surface area (Å²) in [6, 6.07) is 6.40. The van der Waals surface area contributed by atoms with Gasteiger partial charge in [-0.1, -0.05) is 6.07 Å². The molecular formula is C24H31FN8O. The number of hydrogen-bond acceptors (Lipinski definition) is 7. The third-order valence-corrected chi connectivity index (χ3v) is 6.60. The lowest BCUT2D eigenvalue weighted by Gasteiger charge is -2.41. The summed E-state index contributed by atoms with van der Waals surface area (Å²) >= 11 is 0. The van der Waals surface area contributed by atoms with Gasteiger partial charge in [0.25, 0.3) is 0 Å². The highest BCUT2D eigenvalue weighted by atomic mass is 19.1. The Morgan fingerprint density at radius 1 is 1.09 bits per heavy atom. The number of amides is 1. The molecule has 2 atom stereocenters. The number of imidazole rings is 1. The fourth-order valence-corrected chi connectivity index (χ4v) is 4.90. The van der Waals surface area contributed by atoms with Crippen LogP contribution in [-0.2, 0) is 10.3 Å². The number of halogens is 1. The van der Waals surface area contributed by atoms with E-state index in [4.69, 9.17) is 0 Å². The zero-order valence-electron chi connectivity index (χ0n) is 20.0. The molecule has 2 fully saturated rings. The predicted octanol–water partition coefficient (Wildman–Crippen LogP) is 1.94. The fraction of sp³-hybridized carbons (Fsp3) is 0.500. The quantitative estimate of drug-likeness (QED) is 0.594. The third kappa shape index (κ3) is 4.18. The Hall–Kier alpha value is -3.27. The minimum atomic E-state index is -0.610. The van der Waals surface area contributed by atoms with Crippen LogP contribution in [0, 0.1) is 11.7 Å². The van der Waals surface area contributed by atoms with E-state index in [1.54, 1.807) is 11.1 Å². The molecule has 9 nitrogen and oxygen atoms in total. The summed E-state index contributed by atoms with van der Waals surface area (Å²) in [5, 5.41) is 6.62. The van der Waals surface area contributed by atoms with E-state index in [2.05, 4.69) is 44.3 Å². The molecule has 180 valence electrons. The lowest BCUT2D eigenvalue weighted by Crippen LogP contribution is -2.57. The number of pyridine rings is 1. The van der Waals surface area contributed by atoms with Crippen LogP contribution in [-0.4, -0.2) is 63.5 Å². The Labute approximate surface area is 198 Å². The molecule has 0 bridgehead atoms. The summed E-state index contributed by atoms with van der Waals surface area (Å²) in [6.45, 7) is 10.5. The molecular weight excluding hydrogens is 435 g/mol. The van der Waals surface area contributed by atoms with Gasteiger partial charge in [-0.3, -0.25) is 4.79 Å². The lowest BCUT2D eigenvalue weighted by molar-refractivity contribution is -0.127. The average Bonchev–Trinajstić information content (AvgIpc) is 3.18. The van der Waals surface area contributed by atoms with Crippen molar-refractivity contribution in [3.63, 3.8) is 0 Å². The largest absolute Gasteiger partial charge is 0.352 e. The van der Waals surface area contributed by atoms with Crippen LogP contribution >= 0.6 is 0 Å². The Morgan fingerprint density at radius 2 is 1.82 bits per heavy atom. The second-order valence-electron chi connectivity index (χ2n) is 10.0. The molecule has 0 aliphatic carbocycles. The van der Waals surface area contributed by atoms with Crippen LogP contribution in [0.15, 0.2) is 36.8 Å². The molecule has 10 heteroatoms. The number of nitrogens with zero attached hydrogens (tertiary/aromatic N) is 6. The van der Waals surface area contributed by atoms with E-state index in [9.17, 15) is 9.18 Å². The zero-order chi connectivity index (χ0) is 24.0. The molecule has 5 heterocycles. The monoisotopic (exact) mass is 466 g/mol. The summed E-state index contributed by atoms with van der Waals surface area (Å²) in [5.74, 6) is 0.0131. The summed E-state index contributed by atoms with van der Waals surface area (Å²) in [5.41, 5.74) is 1.12. The maximum atomic E-state index is 14.6. The normalized spacial score (nSPS) is 21.6. The average molecular weight is 467 g/mol. The lowest BCUT2D eigenvalue weighted by atomic mass is 9.95. The van der Waals surface area contributed by atoms with Gasteiger partial charge in [0.2, 0.25) is 11.9 Å². The molecule has 0 spiro atoms. The molecule has 2 saturated heterocycles. The van der Waals surface area contributed by atoms with Crippen LogP contribution in [0.1, 0.15) is 33.4 Å². The molecule has 5 rings (SSSR count). The second-order valence-corrected chi connectivity index (χ2v) is 10.0. The number of carbonyl (C=O) groups excluding carboxylic acids is 1. The van der Waals surface area contributed by atoms with E-state index in [0.717, 1.165) is 24.4 Å². The summed E-state index contributed by atoms with van der Waals surface area (Å²) < 4.78 is 16.6. The first-order valence-corrected chi connectivity index (χ1v) is 11.7. The number of piperazine rings is 1. The molecule has 2 N–H and O–H groups in total. The SMILES string of the molecule is C[C@@H]1CN(c2ncc(F)c(N3CC(C(=O)NC(C)(C)c4cnc5ccccn45)C3)n2)C[C@@H](C)N1. The van der Waals surface area contributed by atoms with Crippen molar-refractivity contribution in [3.05, 3.63) is 48.3 Å². The maximum Gasteiger partial charge on any atom is 0.227 e.